The van der Waals surface area contributed by atoms with Gasteiger partial charge in [0.2, 0.25) is 0 Å². The molecule has 0 unspecified atom stereocenters. The number of hydrogen-bond acceptors (Lipinski definition) is 5. The van der Waals surface area contributed by atoms with E-state index in [0.29, 0.717) is 41.2 Å². The second kappa shape index (κ2) is 7.97. The summed E-state index contributed by atoms with van der Waals surface area (Å²) in [4.78, 5) is 29.4. The lowest BCUT2D eigenvalue weighted by Gasteiger charge is -2.14. The fourth-order valence-electron chi connectivity index (χ4n) is 3.35. The molecule has 0 atom stereocenters. The minimum Gasteiger partial charge on any atom is -0.384 e. The van der Waals surface area contributed by atoms with Crippen LogP contribution in [-0.4, -0.2) is 40.9 Å². The van der Waals surface area contributed by atoms with Crippen LogP contribution in [-0.2, 0) is 4.74 Å². The highest BCUT2D eigenvalue weighted by molar-refractivity contribution is 5.94. The van der Waals surface area contributed by atoms with E-state index in [4.69, 9.17) is 10.00 Å². The Morgan fingerprint density at radius 2 is 2.07 bits per heavy atom. The Morgan fingerprint density at radius 1 is 1.30 bits per heavy atom. The second-order valence-corrected chi connectivity index (χ2v) is 7.54. The average molecular weight is 403 g/mol. The molecule has 2 heterocycles. The van der Waals surface area contributed by atoms with E-state index in [1.807, 2.05) is 0 Å². The van der Waals surface area contributed by atoms with Crippen LogP contribution in [0.2, 0.25) is 0 Å². The molecule has 2 aromatic heterocycles. The molecule has 1 amide bonds. The molecule has 3 aromatic rings. The Balaban J connectivity index is 1.48. The van der Waals surface area contributed by atoms with Crippen molar-refractivity contribution < 1.29 is 9.53 Å². The number of rotatable bonds is 7. The van der Waals surface area contributed by atoms with E-state index >= 15 is 0 Å². The van der Waals surface area contributed by atoms with Crippen LogP contribution in [0.1, 0.15) is 28.8 Å². The monoisotopic (exact) mass is 403 g/mol. The summed E-state index contributed by atoms with van der Waals surface area (Å²) < 4.78 is 6.53. The van der Waals surface area contributed by atoms with Gasteiger partial charge in [-0.1, -0.05) is 12.1 Å². The second-order valence-electron chi connectivity index (χ2n) is 7.54. The molecular formula is C22H21N5O3. The number of carbonyl (C=O) groups is 1. The van der Waals surface area contributed by atoms with Gasteiger partial charge in [-0.25, -0.2) is 9.67 Å². The van der Waals surface area contributed by atoms with E-state index in [1.165, 1.54) is 10.9 Å². The topological polar surface area (TPSA) is 113 Å². The number of nitriles is 1. The van der Waals surface area contributed by atoms with Gasteiger partial charge in [0.1, 0.15) is 0 Å². The summed E-state index contributed by atoms with van der Waals surface area (Å²) in [6, 6.07) is 12.1. The molecule has 4 rings (SSSR count). The molecule has 1 fully saturated rings. The van der Waals surface area contributed by atoms with Crippen LogP contribution in [0.5, 0.6) is 0 Å². The molecule has 1 saturated carbocycles. The molecule has 0 aliphatic heterocycles. The predicted molar refractivity (Wildman–Crippen MR) is 110 cm³/mol. The van der Waals surface area contributed by atoms with Crippen LogP contribution in [0.25, 0.3) is 16.9 Å². The van der Waals surface area contributed by atoms with Crippen molar-refractivity contribution >= 4 is 5.91 Å². The third-order valence-electron chi connectivity index (χ3n) is 5.37. The van der Waals surface area contributed by atoms with Crippen molar-refractivity contribution in [3.05, 3.63) is 70.3 Å². The van der Waals surface area contributed by atoms with E-state index in [1.54, 1.807) is 49.7 Å². The Hall–Kier alpha value is -3.70. The number of hydrogen-bond donors (Lipinski definition) is 2. The summed E-state index contributed by atoms with van der Waals surface area (Å²) in [7, 11) is 1.67. The molecule has 30 heavy (non-hydrogen) atoms. The summed E-state index contributed by atoms with van der Waals surface area (Å²) in [6.45, 7) is 1.22. The normalized spacial score (nSPS) is 14.1. The van der Waals surface area contributed by atoms with Gasteiger partial charge >= 0.3 is 0 Å². The summed E-state index contributed by atoms with van der Waals surface area (Å²) in [6.07, 6.45) is 5.15. The Bertz CT molecular complexity index is 1150. The summed E-state index contributed by atoms with van der Waals surface area (Å²) >= 11 is 0. The number of aromatic amines is 1. The van der Waals surface area contributed by atoms with Gasteiger partial charge in [0.05, 0.1) is 29.4 Å². The van der Waals surface area contributed by atoms with Crippen molar-refractivity contribution in [2.45, 2.75) is 12.8 Å². The standard InChI is InChI=1S/C22H21N5O3/c1-30-14-22(8-9-22)13-25-20(28)17-6-7-19(24-11-17)27-21(29)18(12-26-27)16-4-2-15(10-23)3-5-16/h2-7,11-12,26H,8-9,13-14H2,1H3,(H,25,28). The van der Waals surface area contributed by atoms with Gasteiger partial charge in [0.25, 0.3) is 11.5 Å². The number of carbonyl (C=O) groups excluding carboxylic acids is 1. The minimum absolute atomic E-state index is 0.0666. The Labute approximate surface area is 173 Å². The van der Waals surface area contributed by atoms with Crippen LogP contribution < -0.4 is 10.9 Å². The molecular weight excluding hydrogens is 382 g/mol. The molecule has 8 nitrogen and oxygen atoms in total. The third kappa shape index (κ3) is 3.88. The summed E-state index contributed by atoms with van der Waals surface area (Å²) in [5, 5.41) is 14.7. The molecule has 152 valence electrons. The van der Waals surface area contributed by atoms with Gasteiger partial charge < -0.3 is 10.1 Å². The van der Waals surface area contributed by atoms with Gasteiger partial charge in [0, 0.05) is 31.5 Å². The number of benzene rings is 1. The number of ether oxygens (including phenoxy) is 1. The van der Waals surface area contributed by atoms with Crippen molar-refractivity contribution in [1.82, 2.24) is 20.1 Å². The number of amides is 1. The molecule has 1 aliphatic rings. The first-order valence-corrected chi connectivity index (χ1v) is 9.60. The number of pyridine rings is 1. The van der Waals surface area contributed by atoms with Crippen molar-refractivity contribution in [1.29, 1.82) is 5.26 Å². The maximum absolute atomic E-state index is 12.8. The lowest BCUT2D eigenvalue weighted by atomic mass is 10.1. The molecule has 0 saturated heterocycles. The van der Waals surface area contributed by atoms with E-state index in [-0.39, 0.29) is 16.9 Å². The smallest absolute Gasteiger partial charge is 0.280 e. The molecule has 8 heteroatoms. The van der Waals surface area contributed by atoms with E-state index < -0.39 is 0 Å². The van der Waals surface area contributed by atoms with Gasteiger partial charge in [-0.05, 0) is 42.7 Å². The van der Waals surface area contributed by atoms with Gasteiger partial charge in [-0.3, -0.25) is 14.7 Å². The highest BCUT2D eigenvalue weighted by Crippen LogP contribution is 2.45. The maximum atomic E-state index is 12.8. The first-order chi connectivity index (χ1) is 14.5. The molecule has 1 aromatic carbocycles. The zero-order valence-electron chi connectivity index (χ0n) is 16.5. The van der Waals surface area contributed by atoms with Crippen LogP contribution in [0.3, 0.4) is 0 Å². The summed E-state index contributed by atoms with van der Waals surface area (Å²) in [5.74, 6) is 0.183. The van der Waals surface area contributed by atoms with E-state index in [9.17, 15) is 9.59 Å². The SMILES string of the molecule is COCC1(CNC(=O)c2ccc(-n3[nH]cc(-c4ccc(C#N)cc4)c3=O)nc2)CC1. The number of H-pyrrole nitrogens is 1. The van der Waals surface area contributed by atoms with Crippen LogP contribution in [0.15, 0.2) is 53.6 Å². The van der Waals surface area contributed by atoms with Crippen molar-refractivity contribution in [3.8, 4) is 23.0 Å². The molecule has 2 N–H and O–H groups in total. The lowest BCUT2D eigenvalue weighted by molar-refractivity contribution is 0.0919. The van der Waals surface area contributed by atoms with E-state index in [2.05, 4.69) is 21.5 Å². The Morgan fingerprint density at radius 3 is 2.67 bits per heavy atom. The van der Waals surface area contributed by atoms with E-state index in [0.717, 1.165) is 12.8 Å². The third-order valence-corrected chi connectivity index (χ3v) is 5.37. The lowest BCUT2D eigenvalue weighted by Crippen LogP contribution is -2.32. The fraction of sp³-hybridized carbons (Fsp3) is 0.273. The molecule has 0 spiro atoms. The number of nitrogens with one attached hydrogen (secondary N) is 2. The van der Waals surface area contributed by atoms with Gasteiger partial charge in [0.15, 0.2) is 5.82 Å². The van der Waals surface area contributed by atoms with Crippen LogP contribution >= 0.6 is 0 Å². The largest absolute Gasteiger partial charge is 0.384 e. The van der Waals surface area contributed by atoms with Crippen molar-refractivity contribution in [2.75, 3.05) is 20.3 Å². The maximum Gasteiger partial charge on any atom is 0.280 e. The van der Waals surface area contributed by atoms with Gasteiger partial charge in [-0.2, -0.15) is 5.26 Å². The zero-order valence-corrected chi connectivity index (χ0v) is 16.5. The molecule has 1 aliphatic carbocycles. The minimum atomic E-state index is -0.264. The molecule has 0 radical (unpaired) electrons. The first kappa shape index (κ1) is 19.6. The highest BCUT2D eigenvalue weighted by Gasteiger charge is 2.42. The van der Waals surface area contributed by atoms with Crippen LogP contribution in [0, 0.1) is 16.7 Å². The number of nitrogens with zero attached hydrogens (tertiary/aromatic N) is 3. The number of aromatic nitrogens is 3. The van der Waals surface area contributed by atoms with Crippen molar-refractivity contribution in [2.24, 2.45) is 5.41 Å². The quantitative estimate of drug-likeness (QED) is 0.628. The molecule has 0 bridgehead atoms. The Kier molecular flexibility index (Phi) is 5.21. The first-order valence-electron chi connectivity index (χ1n) is 9.60. The average Bonchev–Trinajstić information content (AvgIpc) is 3.44. The highest BCUT2D eigenvalue weighted by atomic mass is 16.5. The van der Waals surface area contributed by atoms with Gasteiger partial charge in [-0.15, -0.1) is 0 Å². The predicted octanol–water partition coefficient (Wildman–Crippen LogP) is 2.26. The fourth-order valence-corrected chi connectivity index (χ4v) is 3.35. The number of methoxy groups -OCH3 is 1. The zero-order chi connectivity index (χ0) is 21.1. The van der Waals surface area contributed by atoms with Crippen molar-refractivity contribution in [3.63, 3.8) is 0 Å². The summed E-state index contributed by atoms with van der Waals surface area (Å²) in [5.41, 5.74) is 1.93. The van der Waals surface area contributed by atoms with Crippen LogP contribution in [0.4, 0.5) is 0 Å².